The fourth-order valence-corrected chi connectivity index (χ4v) is 5.25. The SMILES string of the molecule is Cc1nc2ccc(-n3ncc(C(=O)C4=Cc5ccc(CN6CCCC(F)(F)C6)cc5C4)c3N)cc2[nH]1. The molecule has 0 atom stereocenters. The summed E-state index contributed by atoms with van der Waals surface area (Å²) in [6, 6.07) is 11.6. The second-order valence-corrected chi connectivity index (χ2v) is 9.76. The molecule has 1 fully saturated rings. The summed E-state index contributed by atoms with van der Waals surface area (Å²) >= 11 is 0. The molecule has 1 aliphatic carbocycles. The van der Waals surface area contributed by atoms with Crippen LogP contribution >= 0.6 is 0 Å². The number of aromatic nitrogens is 4. The minimum absolute atomic E-state index is 0.0414. The molecular weight excluding hydrogens is 462 g/mol. The molecule has 1 aliphatic heterocycles. The van der Waals surface area contributed by atoms with Crippen molar-refractivity contribution in [2.45, 2.75) is 38.7 Å². The zero-order valence-corrected chi connectivity index (χ0v) is 19.9. The van der Waals surface area contributed by atoms with E-state index < -0.39 is 5.92 Å². The van der Waals surface area contributed by atoms with E-state index in [-0.39, 0.29) is 24.6 Å². The van der Waals surface area contributed by atoms with Crippen LogP contribution in [0.4, 0.5) is 14.6 Å². The molecule has 9 heteroatoms. The van der Waals surface area contributed by atoms with Crippen LogP contribution in [0.25, 0.3) is 22.8 Å². The molecule has 2 aromatic heterocycles. The number of benzene rings is 2. The monoisotopic (exact) mass is 488 g/mol. The maximum atomic E-state index is 13.8. The quantitative estimate of drug-likeness (QED) is 0.398. The van der Waals surface area contributed by atoms with Gasteiger partial charge in [-0.3, -0.25) is 9.69 Å². The Hall–Kier alpha value is -3.85. The van der Waals surface area contributed by atoms with E-state index in [2.05, 4.69) is 15.1 Å². The Morgan fingerprint density at radius 2 is 2.08 bits per heavy atom. The molecule has 6 rings (SSSR count). The molecule has 0 saturated carbocycles. The number of allylic oxidation sites excluding steroid dienone is 1. The molecule has 0 unspecified atom stereocenters. The van der Waals surface area contributed by atoms with Gasteiger partial charge in [-0.15, -0.1) is 0 Å². The normalized spacial score (nSPS) is 17.4. The third-order valence-corrected chi connectivity index (χ3v) is 6.97. The number of ketones is 1. The Morgan fingerprint density at radius 1 is 1.22 bits per heavy atom. The second kappa shape index (κ2) is 8.37. The Labute approximate surface area is 206 Å². The van der Waals surface area contributed by atoms with Crippen molar-refractivity contribution in [2.24, 2.45) is 0 Å². The Kier molecular flexibility index (Phi) is 5.26. The van der Waals surface area contributed by atoms with Crippen LogP contribution in [0.5, 0.6) is 0 Å². The predicted octanol–water partition coefficient (Wildman–Crippen LogP) is 4.69. The number of halogens is 2. The lowest BCUT2D eigenvalue weighted by Crippen LogP contribution is -2.42. The number of aromatic amines is 1. The molecule has 7 nitrogen and oxygen atoms in total. The van der Waals surface area contributed by atoms with Gasteiger partial charge < -0.3 is 10.7 Å². The van der Waals surface area contributed by atoms with Gasteiger partial charge in [-0.05, 0) is 60.9 Å². The average Bonchev–Trinajstić information content (AvgIpc) is 3.52. The van der Waals surface area contributed by atoms with Crippen LogP contribution in [0.15, 0.2) is 48.2 Å². The van der Waals surface area contributed by atoms with Gasteiger partial charge in [0.25, 0.3) is 5.92 Å². The van der Waals surface area contributed by atoms with Crippen LogP contribution < -0.4 is 5.73 Å². The number of Topliss-reactive ketones (excluding diaryl/α,β-unsaturated/α-hetero) is 1. The minimum atomic E-state index is -2.62. The van der Waals surface area contributed by atoms with E-state index >= 15 is 0 Å². The number of nitrogen functional groups attached to an aromatic ring is 1. The van der Waals surface area contributed by atoms with E-state index in [0.29, 0.717) is 37.1 Å². The number of aryl methyl sites for hydroxylation is 1. The van der Waals surface area contributed by atoms with Crippen LogP contribution in [0.2, 0.25) is 0 Å². The van der Waals surface area contributed by atoms with Gasteiger partial charge in [0.05, 0.1) is 35.0 Å². The number of carbonyl (C=O) groups is 1. The van der Waals surface area contributed by atoms with E-state index in [9.17, 15) is 13.6 Å². The van der Waals surface area contributed by atoms with Crippen molar-refractivity contribution in [1.82, 2.24) is 24.6 Å². The predicted molar refractivity (Wildman–Crippen MR) is 134 cm³/mol. The first-order valence-electron chi connectivity index (χ1n) is 12.0. The molecule has 184 valence electrons. The van der Waals surface area contributed by atoms with Crippen molar-refractivity contribution < 1.29 is 13.6 Å². The number of nitrogens with two attached hydrogens (primary N) is 1. The first kappa shape index (κ1) is 22.6. The number of hydrogen-bond donors (Lipinski definition) is 2. The summed E-state index contributed by atoms with van der Waals surface area (Å²) < 4.78 is 29.1. The van der Waals surface area contributed by atoms with Gasteiger partial charge >= 0.3 is 0 Å². The fourth-order valence-electron chi connectivity index (χ4n) is 5.25. The Balaban J connectivity index is 1.19. The van der Waals surface area contributed by atoms with Crippen LogP contribution in [0.3, 0.4) is 0 Å². The molecular formula is C27H26F2N6O. The van der Waals surface area contributed by atoms with Gasteiger partial charge in [0.15, 0.2) is 5.78 Å². The van der Waals surface area contributed by atoms with Crippen molar-refractivity contribution in [3.8, 4) is 5.69 Å². The molecule has 4 aromatic rings. The summed E-state index contributed by atoms with van der Waals surface area (Å²) in [5.41, 5.74) is 12.8. The smallest absolute Gasteiger partial charge is 0.260 e. The number of piperidine rings is 1. The molecule has 3 heterocycles. The summed E-state index contributed by atoms with van der Waals surface area (Å²) in [5, 5.41) is 4.37. The highest BCUT2D eigenvalue weighted by Crippen LogP contribution is 2.32. The summed E-state index contributed by atoms with van der Waals surface area (Å²) in [6.45, 7) is 2.83. The highest BCUT2D eigenvalue weighted by molar-refractivity contribution is 6.15. The number of imidazole rings is 1. The number of fused-ring (bicyclic) bond motifs is 2. The molecule has 0 amide bonds. The molecule has 0 spiro atoms. The van der Waals surface area contributed by atoms with Crippen molar-refractivity contribution in [3.05, 3.63) is 76.2 Å². The van der Waals surface area contributed by atoms with Gasteiger partial charge in [0.2, 0.25) is 0 Å². The van der Waals surface area contributed by atoms with E-state index in [1.54, 1.807) is 9.58 Å². The molecule has 2 aromatic carbocycles. The third kappa shape index (κ3) is 4.09. The van der Waals surface area contributed by atoms with E-state index in [4.69, 9.17) is 5.73 Å². The summed E-state index contributed by atoms with van der Waals surface area (Å²) in [7, 11) is 0. The number of nitrogens with zero attached hydrogens (tertiary/aromatic N) is 4. The topological polar surface area (TPSA) is 92.8 Å². The van der Waals surface area contributed by atoms with Crippen molar-refractivity contribution >= 4 is 28.7 Å². The minimum Gasteiger partial charge on any atom is -0.383 e. The molecule has 0 bridgehead atoms. The number of alkyl halides is 2. The maximum Gasteiger partial charge on any atom is 0.260 e. The number of hydrogen-bond acceptors (Lipinski definition) is 5. The van der Waals surface area contributed by atoms with E-state index in [1.165, 1.54) is 6.20 Å². The summed E-state index contributed by atoms with van der Waals surface area (Å²) in [4.78, 5) is 22.8. The first-order chi connectivity index (χ1) is 17.3. The number of H-pyrrole nitrogens is 1. The van der Waals surface area contributed by atoms with Gasteiger partial charge in [-0.2, -0.15) is 5.10 Å². The van der Waals surface area contributed by atoms with Crippen molar-refractivity contribution in [3.63, 3.8) is 0 Å². The van der Waals surface area contributed by atoms with Crippen molar-refractivity contribution in [2.75, 3.05) is 18.8 Å². The number of carbonyl (C=O) groups excluding carboxylic acids is 1. The summed E-state index contributed by atoms with van der Waals surface area (Å²) in [5.74, 6) is -1.69. The van der Waals surface area contributed by atoms with E-state index in [0.717, 1.165) is 39.2 Å². The highest BCUT2D eigenvalue weighted by Gasteiger charge is 2.35. The van der Waals surface area contributed by atoms with Crippen LogP contribution in [-0.2, 0) is 13.0 Å². The molecule has 2 aliphatic rings. The fraction of sp³-hybridized carbons (Fsp3) is 0.296. The lowest BCUT2D eigenvalue weighted by Gasteiger charge is -2.32. The maximum absolute atomic E-state index is 13.8. The lowest BCUT2D eigenvalue weighted by molar-refractivity contribution is -0.0661. The molecule has 36 heavy (non-hydrogen) atoms. The van der Waals surface area contributed by atoms with Gasteiger partial charge in [-0.25, -0.2) is 18.4 Å². The third-order valence-electron chi connectivity index (χ3n) is 6.97. The molecule has 0 radical (unpaired) electrons. The molecule has 1 saturated heterocycles. The van der Waals surface area contributed by atoms with Gasteiger partial charge in [0, 0.05) is 25.0 Å². The zero-order valence-electron chi connectivity index (χ0n) is 19.9. The number of nitrogens with one attached hydrogen (secondary N) is 1. The number of rotatable bonds is 5. The van der Waals surface area contributed by atoms with E-state index in [1.807, 2.05) is 49.4 Å². The molecule has 3 N–H and O–H groups in total. The lowest BCUT2D eigenvalue weighted by atomic mass is 10.0. The first-order valence-corrected chi connectivity index (χ1v) is 12.0. The zero-order chi connectivity index (χ0) is 25.0. The van der Waals surface area contributed by atoms with Gasteiger partial charge in [-0.1, -0.05) is 18.2 Å². The van der Waals surface area contributed by atoms with Crippen LogP contribution in [0.1, 0.15) is 45.7 Å². The second-order valence-electron chi connectivity index (χ2n) is 9.76. The largest absolute Gasteiger partial charge is 0.383 e. The number of anilines is 1. The Morgan fingerprint density at radius 3 is 2.92 bits per heavy atom. The highest BCUT2D eigenvalue weighted by atomic mass is 19.3. The number of likely N-dealkylation sites (tertiary alicyclic amines) is 1. The van der Waals surface area contributed by atoms with Crippen LogP contribution in [0, 0.1) is 6.92 Å². The average molecular weight is 489 g/mol. The standard InChI is InChI=1S/C27H26F2N6O/c1-16-32-23-6-5-21(12-24(23)33-16)35-26(30)22(13-31-35)25(36)20-10-18-4-3-17(9-19(18)11-20)14-34-8-2-7-27(28,29)15-34/h3-6,9-10,12-13H,2,7-8,11,14-15,30H2,1H3,(H,32,33). The summed E-state index contributed by atoms with van der Waals surface area (Å²) in [6.07, 6.45) is 4.32. The van der Waals surface area contributed by atoms with Crippen LogP contribution in [-0.4, -0.2) is 49.4 Å². The van der Waals surface area contributed by atoms with Gasteiger partial charge in [0.1, 0.15) is 11.6 Å². The Bertz CT molecular complexity index is 1530. The van der Waals surface area contributed by atoms with Crippen molar-refractivity contribution in [1.29, 1.82) is 0 Å².